The average molecular weight is 264 g/mol. The molecule has 1 heterocycles. The van der Waals surface area contributed by atoms with E-state index in [1.54, 1.807) is 7.11 Å². The molecule has 2 N–H and O–H groups in total. The summed E-state index contributed by atoms with van der Waals surface area (Å²) in [5.74, 6) is 0. The Hall–Kier alpha value is -0.940. The van der Waals surface area contributed by atoms with Crippen molar-refractivity contribution in [3.63, 3.8) is 0 Å². The highest BCUT2D eigenvalue weighted by Crippen LogP contribution is 2.20. The molecule has 0 saturated carbocycles. The lowest BCUT2D eigenvalue weighted by molar-refractivity contribution is 0.134. The maximum absolute atomic E-state index is 5.42. The van der Waals surface area contributed by atoms with Gasteiger partial charge in [0.25, 0.3) is 0 Å². The van der Waals surface area contributed by atoms with Crippen LogP contribution in [0.1, 0.15) is 23.1 Å². The predicted octanol–water partition coefficient (Wildman–Crippen LogP) is 1.43. The largest absolute Gasteiger partial charge is 0.383 e. The summed E-state index contributed by atoms with van der Waals surface area (Å²) in [4.78, 5) is 0. The maximum atomic E-state index is 5.42. The van der Waals surface area contributed by atoms with Crippen molar-refractivity contribution in [1.82, 2.24) is 10.6 Å². The molecule has 0 fully saturated rings. The van der Waals surface area contributed by atoms with Crippen LogP contribution in [0.5, 0.6) is 0 Å². The Morgan fingerprint density at radius 2 is 1.95 bits per heavy atom. The van der Waals surface area contributed by atoms with E-state index < -0.39 is 0 Å². The van der Waals surface area contributed by atoms with Crippen LogP contribution in [0.25, 0.3) is 0 Å². The van der Waals surface area contributed by atoms with Gasteiger partial charge in [0, 0.05) is 20.2 Å². The van der Waals surface area contributed by atoms with E-state index in [0.29, 0.717) is 0 Å². The van der Waals surface area contributed by atoms with E-state index in [9.17, 15) is 0 Å². The first-order valence-corrected chi connectivity index (χ1v) is 6.99. The lowest BCUT2D eigenvalue weighted by atomic mass is 10.1. The molecule has 0 saturated heterocycles. The van der Waals surface area contributed by atoms with Gasteiger partial charge < -0.3 is 20.1 Å². The molecular weight excluding hydrogens is 240 g/mol. The molecule has 4 nitrogen and oxygen atoms in total. The van der Waals surface area contributed by atoms with Gasteiger partial charge in [0.05, 0.1) is 19.8 Å². The third kappa shape index (κ3) is 4.91. The Bertz CT molecular complexity index is 382. The second kappa shape index (κ2) is 8.27. The standard InChI is InChI=1S/C15H24N2O2/c1-18-8-7-16-5-2-6-17-10-13-3-4-14-11-19-12-15(14)9-13/h3-4,9,16-17H,2,5-8,10-12H2,1H3. The minimum atomic E-state index is 0.770. The highest BCUT2D eigenvalue weighted by atomic mass is 16.5. The van der Waals surface area contributed by atoms with Gasteiger partial charge in [-0.15, -0.1) is 0 Å². The van der Waals surface area contributed by atoms with E-state index >= 15 is 0 Å². The molecule has 0 atom stereocenters. The van der Waals surface area contributed by atoms with Gasteiger partial charge in [0.15, 0.2) is 0 Å². The first kappa shape index (κ1) is 14.5. The summed E-state index contributed by atoms with van der Waals surface area (Å²) in [7, 11) is 1.73. The number of nitrogens with one attached hydrogen (secondary N) is 2. The molecule has 0 radical (unpaired) electrons. The molecule has 1 aliphatic rings. The molecular formula is C15H24N2O2. The van der Waals surface area contributed by atoms with Gasteiger partial charge in [0.2, 0.25) is 0 Å². The van der Waals surface area contributed by atoms with Crippen molar-refractivity contribution in [1.29, 1.82) is 0 Å². The molecule has 2 rings (SSSR count). The fourth-order valence-corrected chi connectivity index (χ4v) is 2.21. The third-order valence-electron chi connectivity index (χ3n) is 3.30. The number of benzene rings is 1. The fourth-order valence-electron chi connectivity index (χ4n) is 2.21. The van der Waals surface area contributed by atoms with Crippen LogP contribution in [0, 0.1) is 0 Å². The Labute approximate surface area is 115 Å². The van der Waals surface area contributed by atoms with Crippen LogP contribution in [0.4, 0.5) is 0 Å². The first-order valence-electron chi connectivity index (χ1n) is 6.99. The summed E-state index contributed by atoms with van der Waals surface area (Å²) < 4.78 is 10.4. The van der Waals surface area contributed by atoms with Crippen molar-refractivity contribution in [2.75, 3.05) is 33.4 Å². The lowest BCUT2D eigenvalue weighted by Gasteiger charge is -2.07. The van der Waals surface area contributed by atoms with Crippen molar-refractivity contribution < 1.29 is 9.47 Å². The van der Waals surface area contributed by atoms with Crippen molar-refractivity contribution >= 4 is 0 Å². The minimum absolute atomic E-state index is 0.770. The van der Waals surface area contributed by atoms with Crippen molar-refractivity contribution in [3.05, 3.63) is 34.9 Å². The van der Waals surface area contributed by atoms with Crippen LogP contribution in [-0.2, 0) is 29.2 Å². The monoisotopic (exact) mass is 264 g/mol. The zero-order chi connectivity index (χ0) is 13.3. The van der Waals surface area contributed by atoms with E-state index in [4.69, 9.17) is 9.47 Å². The molecule has 0 unspecified atom stereocenters. The summed E-state index contributed by atoms with van der Waals surface area (Å²) in [6, 6.07) is 6.63. The molecule has 1 aliphatic heterocycles. The van der Waals surface area contributed by atoms with Crippen molar-refractivity contribution in [2.45, 2.75) is 26.2 Å². The van der Waals surface area contributed by atoms with Gasteiger partial charge in [-0.1, -0.05) is 18.2 Å². The number of fused-ring (bicyclic) bond motifs is 1. The summed E-state index contributed by atoms with van der Waals surface area (Å²) >= 11 is 0. The van der Waals surface area contributed by atoms with Crippen LogP contribution < -0.4 is 10.6 Å². The molecule has 1 aromatic carbocycles. The zero-order valence-corrected chi connectivity index (χ0v) is 11.7. The number of rotatable bonds is 9. The van der Waals surface area contributed by atoms with Crippen molar-refractivity contribution in [2.24, 2.45) is 0 Å². The Morgan fingerprint density at radius 3 is 2.84 bits per heavy atom. The van der Waals surface area contributed by atoms with Crippen LogP contribution in [0.3, 0.4) is 0 Å². The summed E-state index contributed by atoms with van der Waals surface area (Å²) in [6.07, 6.45) is 1.14. The second-order valence-electron chi connectivity index (χ2n) is 4.87. The van der Waals surface area contributed by atoms with E-state index in [-0.39, 0.29) is 0 Å². The molecule has 0 amide bonds. The van der Waals surface area contributed by atoms with E-state index in [0.717, 1.165) is 52.4 Å². The maximum Gasteiger partial charge on any atom is 0.0725 e. The smallest absolute Gasteiger partial charge is 0.0725 e. The Morgan fingerprint density at radius 1 is 1.11 bits per heavy atom. The van der Waals surface area contributed by atoms with Gasteiger partial charge in [-0.25, -0.2) is 0 Å². The van der Waals surface area contributed by atoms with Gasteiger partial charge in [0.1, 0.15) is 0 Å². The Balaban J connectivity index is 1.56. The van der Waals surface area contributed by atoms with Gasteiger partial charge >= 0.3 is 0 Å². The average Bonchev–Trinajstić information content (AvgIpc) is 2.89. The third-order valence-corrected chi connectivity index (χ3v) is 3.30. The van der Waals surface area contributed by atoms with E-state index in [1.807, 2.05) is 0 Å². The normalized spacial score (nSPS) is 13.7. The summed E-state index contributed by atoms with van der Waals surface area (Å²) in [5.41, 5.74) is 4.03. The van der Waals surface area contributed by atoms with Crippen LogP contribution in [-0.4, -0.2) is 33.4 Å². The first-order chi connectivity index (χ1) is 9.40. The van der Waals surface area contributed by atoms with Gasteiger partial charge in [-0.2, -0.15) is 0 Å². The van der Waals surface area contributed by atoms with E-state index in [1.165, 1.54) is 16.7 Å². The van der Waals surface area contributed by atoms with Gasteiger partial charge in [-0.05, 0) is 36.2 Å². The predicted molar refractivity (Wildman–Crippen MR) is 76.0 cm³/mol. The number of hydrogen-bond donors (Lipinski definition) is 2. The molecule has 0 spiro atoms. The molecule has 1 aromatic rings. The Kier molecular flexibility index (Phi) is 6.30. The molecule has 0 aliphatic carbocycles. The molecule has 0 bridgehead atoms. The molecule has 19 heavy (non-hydrogen) atoms. The second-order valence-corrected chi connectivity index (χ2v) is 4.87. The topological polar surface area (TPSA) is 42.5 Å². The number of hydrogen-bond acceptors (Lipinski definition) is 4. The van der Waals surface area contributed by atoms with E-state index in [2.05, 4.69) is 28.8 Å². The summed E-state index contributed by atoms with van der Waals surface area (Å²) in [6.45, 7) is 6.27. The lowest BCUT2D eigenvalue weighted by Crippen LogP contribution is -2.24. The zero-order valence-electron chi connectivity index (χ0n) is 11.7. The van der Waals surface area contributed by atoms with Crippen LogP contribution in [0.2, 0.25) is 0 Å². The van der Waals surface area contributed by atoms with Crippen LogP contribution >= 0.6 is 0 Å². The fraction of sp³-hybridized carbons (Fsp3) is 0.600. The number of ether oxygens (including phenoxy) is 2. The van der Waals surface area contributed by atoms with Crippen LogP contribution in [0.15, 0.2) is 18.2 Å². The quantitative estimate of drug-likeness (QED) is 0.662. The molecule has 106 valence electrons. The number of methoxy groups -OCH3 is 1. The molecule has 0 aromatic heterocycles. The summed E-state index contributed by atoms with van der Waals surface area (Å²) in [5, 5.41) is 6.81. The highest BCUT2D eigenvalue weighted by Gasteiger charge is 2.10. The minimum Gasteiger partial charge on any atom is -0.383 e. The van der Waals surface area contributed by atoms with Gasteiger partial charge in [-0.3, -0.25) is 0 Å². The highest BCUT2D eigenvalue weighted by molar-refractivity contribution is 5.33. The molecule has 4 heteroatoms. The van der Waals surface area contributed by atoms with Crippen molar-refractivity contribution in [3.8, 4) is 0 Å². The SMILES string of the molecule is COCCNCCCNCc1ccc2c(c1)COC2.